The minimum absolute atomic E-state index is 0.0879. The predicted molar refractivity (Wildman–Crippen MR) is 125 cm³/mol. The summed E-state index contributed by atoms with van der Waals surface area (Å²) in [5, 5.41) is 0. The number of carbonyl (C=O) groups excluding carboxylic acids is 1. The van der Waals surface area contributed by atoms with Crippen molar-refractivity contribution in [1.29, 1.82) is 0 Å². The summed E-state index contributed by atoms with van der Waals surface area (Å²) in [6.45, 7) is 8.54. The number of nitrogens with zero attached hydrogens (tertiary/aromatic N) is 2. The van der Waals surface area contributed by atoms with Gasteiger partial charge >= 0.3 is 0 Å². The molecule has 0 bridgehead atoms. The van der Waals surface area contributed by atoms with Crippen LogP contribution >= 0.6 is 0 Å². The lowest BCUT2D eigenvalue weighted by molar-refractivity contribution is -0.140. The third-order valence-electron chi connectivity index (χ3n) is 7.79. The number of benzene rings is 1. The molecule has 0 spiro atoms. The molecule has 3 rings (SSSR count). The summed E-state index contributed by atoms with van der Waals surface area (Å²) in [5.41, 5.74) is 7.13. The van der Waals surface area contributed by atoms with E-state index in [0.717, 1.165) is 25.9 Å². The van der Waals surface area contributed by atoms with E-state index in [1.807, 2.05) is 18.2 Å². The summed E-state index contributed by atoms with van der Waals surface area (Å²) in [5.74, 6) is 0.961. The number of piperidine rings is 1. The van der Waals surface area contributed by atoms with Crippen molar-refractivity contribution in [2.75, 3.05) is 33.7 Å². The Labute approximate surface area is 182 Å². The molecule has 1 fully saturated rings. The van der Waals surface area contributed by atoms with E-state index in [4.69, 9.17) is 5.73 Å². The summed E-state index contributed by atoms with van der Waals surface area (Å²) in [6.07, 6.45) is 11.0. The van der Waals surface area contributed by atoms with Crippen LogP contribution in [0.2, 0.25) is 0 Å². The molecule has 2 aliphatic rings. The molecule has 3 atom stereocenters. The Bertz CT molecular complexity index is 773. The van der Waals surface area contributed by atoms with Gasteiger partial charge in [0, 0.05) is 36.5 Å². The van der Waals surface area contributed by atoms with Crippen LogP contribution in [0.3, 0.4) is 0 Å². The maximum atomic E-state index is 13.6. The number of hydrogen-bond acceptors (Lipinski definition) is 3. The molecule has 1 aliphatic heterocycles. The second kappa shape index (κ2) is 9.07. The molecule has 4 nitrogen and oxygen atoms in total. The van der Waals surface area contributed by atoms with Crippen LogP contribution in [0.25, 0.3) is 0 Å². The first-order chi connectivity index (χ1) is 14.2. The van der Waals surface area contributed by atoms with E-state index in [2.05, 4.69) is 81.1 Å². The Morgan fingerprint density at radius 2 is 1.77 bits per heavy atom. The van der Waals surface area contributed by atoms with Crippen molar-refractivity contribution in [3.8, 4) is 0 Å². The first kappa shape index (κ1) is 22.8. The van der Waals surface area contributed by atoms with Gasteiger partial charge < -0.3 is 15.5 Å². The van der Waals surface area contributed by atoms with E-state index >= 15 is 0 Å². The second-order valence-electron chi connectivity index (χ2n) is 9.85. The summed E-state index contributed by atoms with van der Waals surface area (Å²) < 4.78 is 0. The standard InChI is InChI=1S/C26H39N3O/c1-20-11-9-10-14-22(20)26(28(4)5)15-17-29(18-16-26)24(30)23(19-27)25(2,3)21-12-7-6-8-13-21/h6-14,20,22-23H,15-19,27H2,1-5H3/t20?,22?,23-/m0/s1. The fourth-order valence-electron chi connectivity index (χ4n) is 5.57. The van der Waals surface area contributed by atoms with E-state index in [0.29, 0.717) is 18.4 Å². The van der Waals surface area contributed by atoms with Crippen LogP contribution < -0.4 is 5.73 Å². The molecule has 1 amide bonds. The van der Waals surface area contributed by atoms with E-state index in [1.54, 1.807) is 0 Å². The lowest BCUT2D eigenvalue weighted by Gasteiger charge is -2.52. The molecule has 1 heterocycles. The fraction of sp³-hybridized carbons (Fsp3) is 0.577. The minimum Gasteiger partial charge on any atom is -0.342 e. The lowest BCUT2D eigenvalue weighted by Crippen LogP contribution is -2.60. The van der Waals surface area contributed by atoms with Gasteiger partial charge in [-0.3, -0.25) is 4.79 Å². The van der Waals surface area contributed by atoms with Gasteiger partial charge in [-0.15, -0.1) is 0 Å². The van der Waals surface area contributed by atoms with Gasteiger partial charge in [-0.25, -0.2) is 0 Å². The molecule has 1 aromatic rings. The van der Waals surface area contributed by atoms with Gasteiger partial charge in [-0.05, 0) is 38.4 Å². The van der Waals surface area contributed by atoms with Crippen molar-refractivity contribution in [3.63, 3.8) is 0 Å². The average Bonchev–Trinajstić information content (AvgIpc) is 2.75. The van der Waals surface area contributed by atoms with Crippen LogP contribution in [0.15, 0.2) is 54.6 Å². The maximum Gasteiger partial charge on any atom is 0.227 e. The summed E-state index contributed by atoms with van der Waals surface area (Å²) in [7, 11) is 4.38. The van der Waals surface area contributed by atoms with Gasteiger partial charge in [-0.1, -0.05) is 75.4 Å². The number of rotatable bonds is 6. The zero-order valence-electron chi connectivity index (χ0n) is 19.3. The molecular formula is C26H39N3O. The molecule has 0 radical (unpaired) electrons. The van der Waals surface area contributed by atoms with Crippen molar-refractivity contribution >= 4 is 5.91 Å². The van der Waals surface area contributed by atoms with E-state index in [-0.39, 0.29) is 22.8 Å². The Balaban J connectivity index is 1.76. The smallest absolute Gasteiger partial charge is 0.227 e. The lowest BCUT2D eigenvalue weighted by atomic mass is 9.68. The molecule has 2 unspecified atom stereocenters. The summed E-state index contributed by atoms with van der Waals surface area (Å²) >= 11 is 0. The highest BCUT2D eigenvalue weighted by atomic mass is 16.2. The minimum atomic E-state index is -0.297. The Hall–Kier alpha value is -1.91. The molecule has 164 valence electrons. The van der Waals surface area contributed by atoms with Crippen LogP contribution in [0.5, 0.6) is 0 Å². The van der Waals surface area contributed by atoms with Crippen molar-refractivity contribution in [2.24, 2.45) is 23.5 Å². The van der Waals surface area contributed by atoms with Crippen LogP contribution in [-0.2, 0) is 10.2 Å². The van der Waals surface area contributed by atoms with Crippen molar-refractivity contribution in [3.05, 3.63) is 60.2 Å². The van der Waals surface area contributed by atoms with Crippen LogP contribution in [0.1, 0.15) is 39.2 Å². The second-order valence-corrected chi connectivity index (χ2v) is 9.85. The largest absolute Gasteiger partial charge is 0.342 e. The van der Waals surface area contributed by atoms with E-state index in [9.17, 15) is 4.79 Å². The molecule has 0 saturated carbocycles. The summed E-state index contributed by atoms with van der Waals surface area (Å²) in [4.78, 5) is 18.0. The van der Waals surface area contributed by atoms with Crippen LogP contribution in [-0.4, -0.2) is 55.0 Å². The third kappa shape index (κ3) is 4.13. The van der Waals surface area contributed by atoms with Crippen LogP contribution in [0.4, 0.5) is 0 Å². The molecule has 1 aliphatic carbocycles. The van der Waals surface area contributed by atoms with Gasteiger partial charge in [0.1, 0.15) is 0 Å². The van der Waals surface area contributed by atoms with Gasteiger partial charge in [0.2, 0.25) is 5.91 Å². The van der Waals surface area contributed by atoms with Crippen molar-refractivity contribution < 1.29 is 4.79 Å². The Kier molecular flexibility index (Phi) is 6.88. The molecule has 1 aromatic carbocycles. The highest BCUT2D eigenvalue weighted by Crippen LogP contribution is 2.42. The Morgan fingerprint density at radius 1 is 1.17 bits per heavy atom. The normalized spacial score (nSPS) is 24.8. The van der Waals surface area contributed by atoms with Crippen molar-refractivity contribution in [2.45, 2.75) is 44.6 Å². The first-order valence-electron chi connectivity index (χ1n) is 11.3. The maximum absolute atomic E-state index is 13.6. The SMILES string of the molecule is CC1C=CC=CC1C1(N(C)C)CCN(C(=O)[C@H](CN)C(C)(C)c2ccccc2)CC1. The fourth-order valence-corrected chi connectivity index (χ4v) is 5.57. The van der Waals surface area contributed by atoms with E-state index in [1.165, 1.54) is 5.56 Å². The summed E-state index contributed by atoms with van der Waals surface area (Å²) in [6, 6.07) is 10.3. The van der Waals surface area contributed by atoms with Crippen molar-refractivity contribution in [1.82, 2.24) is 9.80 Å². The average molecular weight is 410 g/mol. The highest BCUT2D eigenvalue weighted by molar-refractivity contribution is 5.81. The van der Waals surface area contributed by atoms with Gasteiger partial charge in [0.15, 0.2) is 0 Å². The quantitative estimate of drug-likeness (QED) is 0.777. The number of carbonyl (C=O) groups is 1. The molecule has 30 heavy (non-hydrogen) atoms. The molecule has 4 heteroatoms. The monoisotopic (exact) mass is 409 g/mol. The van der Waals surface area contributed by atoms with Gasteiger partial charge in [0.25, 0.3) is 0 Å². The van der Waals surface area contributed by atoms with Gasteiger partial charge in [0.05, 0.1) is 5.92 Å². The highest BCUT2D eigenvalue weighted by Gasteiger charge is 2.46. The number of likely N-dealkylation sites (tertiary alicyclic amines) is 1. The number of nitrogens with two attached hydrogens (primary N) is 1. The zero-order valence-corrected chi connectivity index (χ0v) is 19.3. The van der Waals surface area contributed by atoms with E-state index < -0.39 is 0 Å². The number of allylic oxidation sites excluding steroid dienone is 3. The number of amides is 1. The molecule has 0 aromatic heterocycles. The third-order valence-corrected chi connectivity index (χ3v) is 7.79. The first-order valence-corrected chi connectivity index (χ1v) is 11.3. The Morgan fingerprint density at radius 3 is 2.30 bits per heavy atom. The van der Waals surface area contributed by atoms with Gasteiger partial charge in [-0.2, -0.15) is 0 Å². The zero-order chi connectivity index (χ0) is 21.9. The topological polar surface area (TPSA) is 49.6 Å². The predicted octanol–water partition coefficient (Wildman–Crippen LogP) is 3.84. The van der Waals surface area contributed by atoms with Crippen LogP contribution in [0, 0.1) is 17.8 Å². The molecule has 2 N–H and O–H groups in total. The number of hydrogen-bond donors (Lipinski definition) is 1. The molecular weight excluding hydrogens is 370 g/mol. The molecule has 1 saturated heterocycles.